The normalized spacial score (nSPS) is 13.8. The largest absolute Gasteiger partial charge is 0.476 e. The maximum atomic E-state index is 11.9. The zero-order chi connectivity index (χ0) is 13.6. The predicted octanol–water partition coefficient (Wildman–Crippen LogP) is 3.69. The van der Waals surface area contributed by atoms with Crippen LogP contribution in [0.3, 0.4) is 0 Å². The van der Waals surface area contributed by atoms with E-state index in [9.17, 15) is 4.79 Å². The molecule has 4 heteroatoms. The van der Waals surface area contributed by atoms with E-state index in [-0.39, 0.29) is 5.97 Å². The van der Waals surface area contributed by atoms with Gasteiger partial charge in [0.15, 0.2) is 0 Å². The van der Waals surface area contributed by atoms with Crippen molar-refractivity contribution in [2.45, 2.75) is 38.1 Å². The molecule has 0 aliphatic carbocycles. The van der Waals surface area contributed by atoms with Crippen molar-refractivity contribution in [2.75, 3.05) is 6.61 Å². The Labute approximate surface area is 117 Å². The van der Waals surface area contributed by atoms with Gasteiger partial charge in [0.25, 0.3) is 0 Å². The van der Waals surface area contributed by atoms with Crippen LogP contribution in [0.4, 0.5) is 0 Å². The number of carbonyl (C=O) groups excluding carboxylic acids is 1. The van der Waals surface area contributed by atoms with Crippen molar-refractivity contribution in [3.63, 3.8) is 0 Å². The predicted molar refractivity (Wildman–Crippen MR) is 75.0 cm³/mol. The van der Waals surface area contributed by atoms with Gasteiger partial charge in [-0.1, -0.05) is 35.0 Å². The van der Waals surface area contributed by atoms with Crippen molar-refractivity contribution in [1.29, 1.82) is 0 Å². The number of hydrogen-bond acceptors (Lipinski definition) is 3. The average Bonchev–Trinajstić information content (AvgIpc) is 2.39. The lowest BCUT2D eigenvalue weighted by molar-refractivity contribution is -0.160. The summed E-state index contributed by atoms with van der Waals surface area (Å²) in [6, 6.07) is 7.67. The van der Waals surface area contributed by atoms with E-state index in [1.165, 1.54) is 0 Å². The van der Waals surface area contributed by atoms with Crippen molar-refractivity contribution in [3.05, 3.63) is 29.8 Å². The van der Waals surface area contributed by atoms with E-state index in [0.29, 0.717) is 18.8 Å². The zero-order valence-electron chi connectivity index (χ0n) is 11.0. The smallest absolute Gasteiger partial charge is 0.350 e. The molecule has 1 atom stereocenters. The number of benzene rings is 1. The van der Waals surface area contributed by atoms with Gasteiger partial charge >= 0.3 is 5.97 Å². The van der Waals surface area contributed by atoms with Crippen molar-refractivity contribution in [3.8, 4) is 5.75 Å². The summed E-state index contributed by atoms with van der Waals surface area (Å²) in [4.78, 5) is 11.9. The molecule has 0 aliphatic heterocycles. The second-order valence-electron chi connectivity index (χ2n) is 4.19. The van der Waals surface area contributed by atoms with Crippen LogP contribution in [0.5, 0.6) is 5.75 Å². The molecule has 0 N–H and O–H groups in total. The van der Waals surface area contributed by atoms with Gasteiger partial charge < -0.3 is 9.47 Å². The molecule has 1 aromatic rings. The first kappa shape index (κ1) is 15.0. The van der Waals surface area contributed by atoms with Crippen LogP contribution in [-0.4, -0.2) is 18.2 Å². The second-order valence-corrected chi connectivity index (χ2v) is 4.75. The third kappa shape index (κ3) is 3.73. The maximum Gasteiger partial charge on any atom is 0.350 e. The Kier molecular flexibility index (Phi) is 5.66. The van der Waals surface area contributed by atoms with Crippen LogP contribution in [0, 0.1) is 0 Å². The van der Waals surface area contributed by atoms with E-state index in [0.717, 1.165) is 10.9 Å². The summed E-state index contributed by atoms with van der Waals surface area (Å²) in [6.45, 7) is 5.82. The molecule has 0 saturated carbocycles. The third-order valence-corrected chi connectivity index (χ3v) is 3.43. The molecule has 1 aromatic carbocycles. The lowest BCUT2D eigenvalue weighted by Gasteiger charge is -2.27. The Morgan fingerprint density at radius 3 is 2.67 bits per heavy atom. The van der Waals surface area contributed by atoms with E-state index in [4.69, 9.17) is 9.47 Å². The molecule has 0 spiro atoms. The fourth-order valence-electron chi connectivity index (χ4n) is 1.49. The van der Waals surface area contributed by atoms with E-state index < -0.39 is 5.60 Å². The number of hydrogen-bond donors (Lipinski definition) is 0. The van der Waals surface area contributed by atoms with Crippen molar-refractivity contribution in [2.24, 2.45) is 0 Å². The molecular formula is C14H19BrO3. The number of carbonyl (C=O) groups is 1. The van der Waals surface area contributed by atoms with Gasteiger partial charge in [-0.2, -0.15) is 0 Å². The Morgan fingerprint density at radius 2 is 2.11 bits per heavy atom. The molecule has 0 heterocycles. The Bertz CT molecular complexity index is 406. The monoisotopic (exact) mass is 314 g/mol. The number of halogens is 1. The summed E-state index contributed by atoms with van der Waals surface area (Å²) in [7, 11) is 0. The van der Waals surface area contributed by atoms with E-state index in [1.54, 1.807) is 13.8 Å². The highest BCUT2D eigenvalue weighted by Gasteiger charge is 2.35. The van der Waals surface area contributed by atoms with Crippen LogP contribution >= 0.6 is 15.9 Å². The standard InChI is InChI=1S/C14H19BrO3/c1-4-14(3,13(16)17-5-2)18-12-8-6-7-11(9-12)10-15/h6-9H,4-5,10H2,1-3H3. The Morgan fingerprint density at radius 1 is 1.39 bits per heavy atom. The topological polar surface area (TPSA) is 35.5 Å². The highest BCUT2D eigenvalue weighted by atomic mass is 79.9. The molecule has 1 unspecified atom stereocenters. The van der Waals surface area contributed by atoms with Crippen LogP contribution in [-0.2, 0) is 14.9 Å². The minimum Gasteiger partial charge on any atom is -0.476 e. The van der Waals surface area contributed by atoms with Gasteiger partial charge in [0.1, 0.15) is 5.75 Å². The summed E-state index contributed by atoms with van der Waals surface area (Å²) in [5.74, 6) is 0.362. The molecule has 0 bridgehead atoms. The van der Waals surface area contributed by atoms with Gasteiger partial charge in [-0.25, -0.2) is 4.79 Å². The number of esters is 1. The van der Waals surface area contributed by atoms with Gasteiger partial charge in [0.2, 0.25) is 5.60 Å². The van der Waals surface area contributed by atoms with Crippen LogP contribution in [0.15, 0.2) is 24.3 Å². The first-order chi connectivity index (χ1) is 8.55. The molecule has 0 radical (unpaired) electrons. The average molecular weight is 315 g/mol. The quantitative estimate of drug-likeness (QED) is 0.593. The lowest BCUT2D eigenvalue weighted by Crippen LogP contribution is -2.42. The van der Waals surface area contributed by atoms with Gasteiger partial charge in [0, 0.05) is 5.33 Å². The van der Waals surface area contributed by atoms with Crippen LogP contribution in [0.1, 0.15) is 32.8 Å². The van der Waals surface area contributed by atoms with Crippen LogP contribution < -0.4 is 4.74 Å². The molecule has 0 saturated heterocycles. The molecular weight excluding hydrogens is 296 g/mol. The fraction of sp³-hybridized carbons (Fsp3) is 0.500. The Balaban J connectivity index is 2.87. The maximum absolute atomic E-state index is 11.9. The molecule has 0 fully saturated rings. The third-order valence-electron chi connectivity index (χ3n) is 2.78. The molecule has 1 rings (SSSR count). The highest BCUT2D eigenvalue weighted by molar-refractivity contribution is 9.08. The number of alkyl halides is 1. The summed E-state index contributed by atoms with van der Waals surface area (Å²) in [5, 5.41) is 0.756. The summed E-state index contributed by atoms with van der Waals surface area (Å²) in [5.41, 5.74) is 0.177. The van der Waals surface area contributed by atoms with Gasteiger partial charge in [-0.3, -0.25) is 0 Å². The van der Waals surface area contributed by atoms with E-state index in [2.05, 4.69) is 15.9 Å². The van der Waals surface area contributed by atoms with Crippen molar-refractivity contribution < 1.29 is 14.3 Å². The number of ether oxygens (including phenoxy) is 2. The van der Waals surface area contributed by atoms with Crippen molar-refractivity contribution in [1.82, 2.24) is 0 Å². The van der Waals surface area contributed by atoms with E-state index >= 15 is 0 Å². The number of rotatable bonds is 6. The minimum absolute atomic E-state index is 0.322. The van der Waals surface area contributed by atoms with Gasteiger partial charge in [0.05, 0.1) is 6.61 Å². The molecule has 0 aliphatic rings. The SMILES string of the molecule is CCOC(=O)C(C)(CC)Oc1cccc(CBr)c1. The highest BCUT2D eigenvalue weighted by Crippen LogP contribution is 2.24. The summed E-state index contributed by atoms with van der Waals surface area (Å²) in [6.07, 6.45) is 0.560. The van der Waals surface area contributed by atoms with Crippen LogP contribution in [0.2, 0.25) is 0 Å². The van der Waals surface area contributed by atoms with Crippen molar-refractivity contribution >= 4 is 21.9 Å². The molecule has 0 aromatic heterocycles. The summed E-state index contributed by atoms with van der Waals surface area (Å²) >= 11 is 3.39. The van der Waals surface area contributed by atoms with Gasteiger partial charge in [-0.15, -0.1) is 0 Å². The van der Waals surface area contributed by atoms with E-state index in [1.807, 2.05) is 31.2 Å². The zero-order valence-corrected chi connectivity index (χ0v) is 12.6. The summed E-state index contributed by atoms with van der Waals surface area (Å²) < 4.78 is 10.9. The molecule has 0 amide bonds. The van der Waals surface area contributed by atoms with Gasteiger partial charge in [-0.05, 0) is 38.0 Å². The minimum atomic E-state index is -0.930. The lowest BCUT2D eigenvalue weighted by atomic mass is 10.0. The molecule has 3 nitrogen and oxygen atoms in total. The Hall–Kier alpha value is -1.03. The molecule has 18 heavy (non-hydrogen) atoms. The fourth-order valence-corrected chi connectivity index (χ4v) is 1.84. The second kappa shape index (κ2) is 6.78. The first-order valence-electron chi connectivity index (χ1n) is 6.07. The first-order valence-corrected chi connectivity index (χ1v) is 7.19. The van der Waals surface area contributed by atoms with Crippen LogP contribution in [0.25, 0.3) is 0 Å². The molecule has 100 valence electrons.